The normalized spacial score (nSPS) is 11.4. The van der Waals surface area contributed by atoms with Gasteiger partial charge in [-0.25, -0.2) is 14.4 Å². The molecular formula is C31H33NO11. The monoisotopic (exact) mass is 595 g/mol. The van der Waals surface area contributed by atoms with Crippen molar-refractivity contribution in [1.82, 2.24) is 5.32 Å². The van der Waals surface area contributed by atoms with Crippen LogP contribution in [0.4, 0.5) is 0 Å². The molecule has 0 unspecified atom stereocenters. The van der Waals surface area contributed by atoms with Crippen molar-refractivity contribution in [2.45, 2.75) is 40.7 Å². The maximum Gasteiger partial charge on any atom is 0.347 e. The van der Waals surface area contributed by atoms with Crippen LogP contribution >= 0.6 is 0 Å². The Labute approximate surface area is 247 Å². The summed E-state index contributed by atoms with van der Waals surface area (Å²) < 4.78 is 21.3. The number of aryl methyl sites for hydroxylation is 3. The van der Waals surface area contributed by atoms with E-state index < -0.39 is 47.3 Å². The van der Waals surface area contributed by atoms with Crippen molar-refractivity contribution >= 4 is 23.8 Å². The summed E-state index contributed by atoms with van der Waals surface area (Å²) in [6, 6.07) is 6.77. The van der Waals surface area contributed by atoms with E-state index >= 15 is 0 Å². The molecule has 3 aromatic carbocycles. The van der Waals surface area contributed by atoms with Crippen LogP contribution in [-0.4, -0.2) is 59.4 Å². The third-order valence-electron chi connectivity index (χ3n) is 6.58. The number of benzene rings is 3. The van der Waals surface area contributed by atoms with Crippen molar-refractivity contribution in [3.05, 3.63) is 69.8 Å². The standard InChI is InChI=1S/C31H33NO11/c1-14(2)27(29(36)37)32-28(35)24-15(3)9-19(11-21(24)33)42-30(38)25-16(4)10-20(12-22(25)34)43-31(39)26-17(5)8-18(40-6)13-23(26)41-7/h8-14,27,33-34H,1-7H3,(H,32,35)(H,36,37)/t27-/m0/s1. The molecule has 0 bridgehead atoms. The summed E-state index contributed by atoms with van der Waals surface area (Å²) in [6.45, 7) is 7.90. The van der Waals surface area contributed by atoms with E-state index in [9.17, 15) is 34.5 Å². The first-order chi connectivity index (χ1) is 20.2. The fourth-order valence-electron chi connectivity index (χ4n) is 4.46. The fourth-order valence-corrected chi connectivity index (χ4v) is 4.46. The van der Waals surface area contributed by atoms with E-state index in [1.807, 2.05) is 0 Å². The fraction of sp³-hybridized carbons (Fsp3) is 0.290. The molecule has 0 radical (unpaired) electrons. The second-order valence-electron chi connectivity index (χ2n) is 10.1. The summed E-state index contributed by atoms with van der Waals surface area (Å²) in [7, 11) is 2.88. The molecule has 0 aliphatic rings. The van der Waals surface area contributed by atoms with E-state index in [2.05, 4.69) is 5.32 Å². The first-order valence-corrected chi connectivity index (χ1v) is 13.1. The number of phenolic OH excluding ortho intramolecular Hbond substituents is 2. The lowest BCUT2D eigenvalue weighted by atomic mass is 10.0. The Kier molecular flexibility index (Phi) is 9.86. The second kappa shape index (κ2) is 13.1. The molecule has 0 spiro atoms. The molecule has 0 saturated heterocycles. The molecule has 4 N–H and O–H groups in total. The lowest BCUT2D eigenvalue weighted by Gasteiger charge is -2.19. The lowest BCUT2D eigenvalue weighted by Crippen LogP contribution is -2.44. The zero-order valence-corrected chi connectivity index (χ0v) is 24.7. The average molecular weight is 596 g/mol. The second-order valence-corrected chi connectivity index (χ2v) is 10.1. The first kappa shape index (κ1) is 32.3. The van der Waals surface area contributed by atoms with Gasteiger partial charge in [-0.3, -0.25) is 4.79 Å². The van der Waals surface area contributed by atoms with Crippen molar-refractivity contribution in [1.29, 1.82) is 0 Å². The van der Waals surface area contributed by atoms with E-state index in [4.69, 9.17) is 18.9 Å². The highest BCUT2D eigenvalue weighted by atomic mass is 16.5. The quantitative estimate of drug-likeness (QED) is 0.194. The Morgan fingerprint density at radius 2 is 1.14 bits per heavy atom. The molecule has 1 atom stereocenters. The number of phenols is 2. The van der Waals surface area contributed by atoms with Gasteiger partial charge in [0.2, 0.25) is 0 Å². The predicted octanol–water partition coefficient (Wildman–Crippen LogP) is 4.32. The maximum atomic E-state index is 13.0. The van der Waals surface area contributed by atoms with Crippen molar-refractivity contribution < 1.29 is 53.4 Å². The Morgan fingerprint density at radius 1 is 0.674 bits per heavy atom. The van der Waals surface area contributed by atoms with Gasteiger partial charge in [0.25, 0.3) is 5.91 Å². The molecule has 43 heavy (non-hydrogen) atoms. The number of carboxylic acids is 1. The Balaban J connectivity index is 1.82. The van der Waals surface area contributed by atoms with E-state index in [1.54, 1.807) is 26.8 Å². The Morgan fingerprint density at radius 3 is 1.58 bits per heavy atom. The van der Waals surface area contributed by atoms with Gasteiger partial charge in [0, 0.05) is 18.2 Å². The molecule has 228 valence electrons. The highest BCUT2D eigenvalue weighted by Crippen LogP contribution is 2.34. The number of carbonyl (C=O) groups is 4. The minimum absolute atomic E-state index is 0.0428. The first-order valence-electron chi connectivity index (χ1n) is 13.1. The van der Waals surface area contributed by atoms with Gasteiger partial charge in [0.1, 0.15) is 51.7 Å². The van der Waals surface area contributed by atoms with E-state index in [-0.39, 0.29) is 45.1 Å². The summed E-state index contributed by atoms with van der Waals surface area (Å²) in [5, 5.41) is 32.9. The number of aliphatic carboxylic acids is 1. The molecule has 1 amide bonds. The molecule has 0 aromatic heterocycles. The number of rotatable bonds is 10. The van der Waals surface area contributed by atoms with Crippen molar-refractivity contribution in [2.75, 3.05) is 14.2 Å². The summed E-state index contributed by atoms with van der Waals surface area (Å²) in [4.78, 5) is 50.1. The molecule has 0 saturated carbocycles. The van der Waals surface area contributed by atoms with Crippen LogP contribution in [0.5, 0.6) is 34.5 Å². The zero-order valence-electron chi connectivity index (χ0n) is 24.7. The number of ether oxygens (including phenoxy) is 4. The van der Waals surface area contributed by atoms with E-state index in [0.717, 1.165) is 12.1 Å². The number of aromatic hydroxyl groups is 2. The number of carbonyl (C=O) groups excluding carboxylic acids is 3. The molecule has 12 nitrogen and oxygen atoms in total. The van der Waals surface area contributed by atoms with E-state index in [1.165, 1.54) is 46.3 Å². The number of hydrogen-bond acceptors (Lipinski definition) is 10. The molecule has 12 heteroatoms. The molecular weight excluding hydrogens is 562 g/mol. The third-order valence-corrected chi connectivity index (χ3v) is 6.58. The molecule has 0 aliphatic heterocycles. The van der Waals surface area contributed by atoms with Crippen molar-refractivity contribution in [3.8, 4) is 34.5 Å². The molecule has 0 fully saturated rings. The molecule has 0 aliphatic carbocycles. The zero-order chi connectivity index (χ0) is 32.2. The predicted molar refractivity (Wildman–Crippen MR) is 154 cm³/mol. The van der Waals surface area contributed by atoms with Crippen LogP contribution in [0.2, 0.25) is 0 Å². The smallest absolute Gasteiger partial charge is 0.347 e. The number of methoxy groups -OCH3 is 2. The van der Waals surface area contributed by atoms with Gasteiger partial charge in [-0.05, 0) is 61.6 Å². The lowest BCUT2D eigenvalue weighted by molar-refractivity contribution is -0.140. The topological polar surface area (TPSA) is 178 Å². The van der Waals surface area contributed by atoms with Gasteiger partial charge in [0.15, 0.2) is 0 Å². The Hall–Kier alpha value is -5.26. The third kappa shape index (κ3) is 7.15. The van der Waals surface area contributed by atoms with Gasteiger partial charge in [-0.1, -0.05) is 13.8 Å². The minimum atomic E-state index is -1.22. The van der Waals surface area contributed by atoms with Gasteiger partial charge in [-0.15, -0.1) is 0 Å². The number of nitrogens with one attached hydrogen (secondary N) is 1. The van der Waals surface area contributed by atoms with Crippen LogP contribution in [0, 0.1) is 26.7 Å². The van der Waals surface area contributed by atoms with Crippen LogP contribution in [0.3, 0.4) is 0 Å². The summed E-state index contributed by atoms with van der Waals surface area (Å²) in [6.07, 6.45) is 0. The van der Waals surface area contributed by atoms with Gasteiger partial charge in [-0.2, -0.15) is 0 Å². The summed E-state index contributed by atoms with van der Waals surface area (Å²) in [5.41, 5.74) is 0.709. The van der Waals surface area contributed by atoms with Gasteiger partial charge < -0.3 is 39.6 Å². The highest BCUT2D eigenvalue weighted by molar-refractivity contribution is 6.01. The van der Waals surface area contributed by atoms with Crippen LogP contribution < -0.4 is 24.3 Å². The number of carboxylic acid groups (broad SMARTS) is 1. The largest absolute Gasteiger partial charge is 0.507 e. The van der Waals surface area contributed by atoms with Crippen LogP contribution in [0.1, 0.15) is 61.6 Å². The van der Waals surface area contributed by atoms with Gasteiger partial charge >= 0.3 is 17.9 Å². The summed E-state index contributed by atoms with van der Waals surface area (Å²) >= 11 is 0. The number of amides is 1. The average Bonchev–Trinajstić information content (AvgIpc) is 2.89. The number of hydrogen-bond donors (Lipinski definition) is 4. The molecule has 3 rings (SSSR count). The SMILES string of the molecule is COc1cc(C)c(C(=O)Oc2cc(C)c(C(=O)Oc3cc(C)c(C(=O)N[C@H](C(=O)O)C(C)C)c(O)c3)c(O)c2)c(OC)c1. The highest BCUT2D eigenvalue weighted by Gasteiger charge is 2.27. The molecule has 3 aromatic rings. The number of esters is 2. The van der Waals surface area contributed by atoms with Crippen LogP contribution in [0.25, 0.3) is 0 Å². The van der Waals surface area contributed by atoms with Crippen LogP contribution in [-0.2, 0) is 4.79 Å². The van der Waals surface area contributed by atoms with Crippen LogP contribution in [0.15, 0.2) is 36.4 Å². The maximum absolute atomic E-state index is 13.0. The summed E-state index contributed by atoms with van der Waals surface area (Å²) in [5.74, 6) is -4.72. The Bertz CT molecular complexity index is 1550. The minimum Gasteiger partial charge on any atom is -0.507 e. The van der Waals surface area contributed by atoms with Crippen molar-refractivity contribution in [2.24, 2.45) is 5.92 Å². The van der Waals surface area contributed by atoms with E-state index in [0.29, 0.717) is 11.3 Å². The van der Waals surface area contributed by atoms with Gasteiger partial charge in [0.05, 0.1) is 19.8 Å². The molecule has 0 heterocycles. The van der Waals surface area contributed by atoms with Crippen molar-refractivity contribution in [3.63, 3.8) is 0 Å².